The Balaban J connectivity index is 3.15. The van der Waals surface area contributed by atoms with Crippen molar-refractivity contribution in [3.63, 3.8) is 0 Å². The molecule has 0 aromatic heterocycles. The van der Waals surface area contributed by atoms with E-state index in [0.29, 0.717) is 0 Å². The molecule has 0 aromatic rings. The van der Waals surface area contributed by atoms with E-state index in [-0.39, 0.29) is 0 Å². The monoisotopic (exact) mass is 113 g/mol. The summed E-state index contributed by atoms with van der Waals surface area (Å²) in [6, 6.07) is 0. The SMILES string of the molecule is [O]CCC(F)(F)F. The van der Waals surface area contributed by atoms with Gasteiger partial charge in [-0.2, -0.15) is 13.2 Å². The third-order valence-corrected chi connectivity index (χ3v) is 0.386. The van der Waals surface area contributed by atoms with Gasteiger partial charge < -0.3 is 0 Å². The third kappa shape index (κ3) is 5.75. The minimum absolute atomic E-state index is 1.07. The molecule has 1 nitrogen and oxygen atoms in total. The summed E-state index contributed by atoms with van der Waals surface area (Å²) in [5.41, 5.74) is 0. The molecule has 0 heterocycles. The zero-order valence-corrected chi connectivity index (χ0v) is 3.46. The summed E-state index contributed by atoms with van der Waals surface area (Å²) in [7, 11) is 0. The quantitative estimate of drug-likeness (QED) is 0.489. The fourth-order valence-corrected chi connectivity index (χ4v) is 0.116. The van der Waals surface area contributed by atoms with Gasteiger partial charge in [0.25, 0.3) is 0 Å². The van der Waals surface area contributed by atoms with E-state index in [1.807, 2.05) is 0 Å². The molecule has 0 N–H and O–H groups in total. The molecule has 0 fully saturated rings. The van der Waals surface area contributed by atoms with Crippen molar-refractivity contribution in [1.29, 1.82) is 0 Å². The zero-order valence-electron chi connectivity index (χ0n) is 3.46. The van der Waals surface area contributed by atoms with Crippen LogP contribution in [0, 0.1) is 0 Å². The summed E-state index contributed by atoms with van der Waals surface area (Å²) in [4.78, 5) is 0. The number of hydrogen-bond acceptors (Lipinski definition) is 0. The largest absolute Gasteiger partial charge is 0.391 e. The molecule has 7 heavy (non-hydrogen) atoms. The van der Waals surface area contributed by atoms with Crippen LogP contribution in [0.5, 0.6) is 0 Å². The average molecular weight is 113 g/mol. The van der Waals surface area contributed by atoms with Crippen LogP contribution in [0.2, 0.25) is 0 Å². The van der Waals surface area contributed by atoms with Crippen molar-refractivity contribution in [2.75, 3.05) is 6.61 Å². The van der Waals surface area contributed by atoms with Crippen LogP contribution in [-0.4, -0.2) is 12.8 Å². The third-order valence-electron chi connectivity index (χ3n) is 0.386. The lowest BCUT2D eigenvalue weighted by Gasteiger charge is -1.98. The van der Waals surface area contributed by atoms with Crippen molar-refractivity contribution in [2.45, 2.75) is 12.6 Å². The highest BCUT2D eigenvalue weighted by Gasteiger charge is 2.25. The predicted molar refractivity (Wildman–Crippen MR) is 16.2 cm³/mol. The second kappa shape index (κ2) is 2.16. The molecule has 0 aliphatic heterocycles. The molecule has 0 spiro atoms. The van der Waals surface area contributed by atoms with Gasteiger partial charge in [0.15, 0.2) is 0 Å². The molecule has 0 rings (SSSR count). The Kier molecular flexibility index (Phi) is 2.08. The molecule has 0 amide bonds. The number of hydrogen-bond donors (Lipinski definition) is 0. The Morgan fingerprint density at radius 3 is 1.71 bits per heavy atom. The van der Waals surface area contributed by atoms with Gasteiger partial charge in [0, 0.05) is 0 Å². The van der Waals surface area contributed by atoms with Gasteiger partial charge in [-0.15, -0.1) is 0 Å². The van der Waals surface area contributed by atoms with Crippen molar-refractivity contribution in [3.8, 4) is 0 Å². The molecular formula is C3H4F3O. The Morgan fingerprint density at radius 1 is 1.29 bits per heavy atom. The van der Waals surface area contributed by atoms with Gasteiger partial charge in [0.2, 0.25) is 0 Å². The first-order valence-electron chi connectivity index (χ1n) is 1.71. The van der Waals surface area contributed by atoms with Crippen molar-refractivity contribution < 1.29 is 18.3 Å². The normalized spacial score (nSPS) is 12.0. The minimum atomic E-state index is -4.26. The molecule has 0 saturated heterocycles. The fourth-order valence-electron chi connectivity index (χ4n) is 0.116. The van der Waals surface area contributed by atoms with Crippen molar-refractivity contribution in [3.05, 3.63) is 0 Å². The smallest absolute Gasteiger partial charge is 0.236 e. The Labute approximate surface area is 38.8 Å². The van der Waals surface area contributed by atoms with Gasteiger partial charge in [-0.3, -0.25) is 0 Å². The molecule has 0 aliphatic carbocycles. The summed E-state index contributed by atoms with van der Waals surface area (Å²) >= 11 is 0. The van der Waals surface area contributed by atoms with Gasteiger partial charge in [-0.25, -0.2) is 5.11 Å². The lowest BCUT2D eigenvalue weighted by atomic mass is 10.5. The number of rotatable bonds is 1. The molecule has 0 aliphatic rings. The molecule has 43 valence electrons. The molecule has 0 atom stereocenters. The van der Waals surface area contributed by atoms with Crippen LogP contribution in [0.3, 0.4) is 0 Å². The summed E-state index contributed by atoms with van der Waals surface area (Å²) in [6.45, 7) is -1.07. The molecule has 4 heteroatoms. The van der Waals surface area contributed by atoms with E-state index in [9.17, 15) is 18.3 Å². The van der Waals surface area contributed by atoms with Crippen LogP contribution < -0.4 is 0 Å². The van der Waals surface area contributed by atoms with Crippen LogP contribution in [0.1, 0.15) is 6.42 Å². The summed E-state index contributed by atoms with van der Waals surface area (Å²) in [5.74, 6) is 0. The van der Waals surface area contributed by atoms with Gasteiger partial charge in [-0.05, 0) is 0 Å². The zero-order chi connectivity index (χ0) is 5.91. The lowest BCUT2D eigenvalue weighted by Crippen LogP contribution is -2.08. The maximum Gasteiger partial charge on any atom is 0.391 e. The highest BCUT2D eigenvalue weighted by atomic mass is 19.4. The molecule has 0 aromatic carbocycles. The summed E-state index contributed by atoms with van der Waals surface area (Å²) in [6.07, 6.45) is -5.48. The first-order chi connectivity index (χ1) is 3.06. The van der Waals surface area contributed by atoms with Crippen molar-refractivity contribution in [1.82, 2.24) is 0 Å². The highest BCUT2D eigenvalue weighted by Crippen LogP contribution is 2.17. The Bertz CT molecular complexity index is 48.6. The summed E-state index contributed by atoms with van der Waals surface area (Å²) in [5, 5.41) is 9.23. The van der Waals surface area contributed by atoms with Crippen molar-refractivity contribution >= 4 is 0 Å². The van der Waals surface area contributed by atoms with Crippen LogP contribution >= 0.6 is 0 Å². The first-order valence-corrected chi connectivity index (χ1v) is 1.71. The molecule has 0 bridgehead atoms. The molecule has 1 radical (unpaired) electrons. The van der Waals surface area contributed by atoms with Crippen LogP contribution in [0.4, 0.5) is 13.2 Å². The van der Waals surface area contributed by atoms with E-state index >= 15 is 0 Å². The van der Waals surface area contributed by atoms with E-state index < -0.39 is 19.2 Å². The van der Waals surface area contributed by atoms with E-state index in [1.165, 1.54) is 0 Å². The number of alkyl halides is 3. The standard InChI is InChI=1S/C3H4F3O/c4-3(5,6)1-2-7/h1-2H2. The first kappa shape index (κ1) is 6.75. The predicted octanol–water partition coefficient (Wildman–Crippen LogP) is 1.37. The van der Waals surface area contributed by atoms with Crippen LogP contribution in [-0.2, 0) is 5.11 Å². The van der Waals surface area contributed by atoms with E-state index in [1.54, 1.807) is 0 Å². The fraction of sp³-hybridized carbons (Fsp3) is 1.00. The van der Waals surface area contributed by atoms with Gasteiger partial charge >= 0.3 is 6.18 Å². The Hall–Kier alpha value is -0.250. The maximum absolute atomic E-state index is 10.9. The molecular weight excluding hydrogens is 109 g/mol. The van der Waals surface area contributed by atoms with Crippen LogP contribution in [0.25, 0.3) is 0 Å². The summed E-state index contributed by atoms with van der Waals surface area (Å²) < 4.78 is 32.6. The van der Waals surface area contributed by atoms with E-state index in [4.69, 9.17) is 0 Å². The van der Waals surface area contributed by atoms with Gasteiger partial charge in [0.05, 0.1) is 13.0 Å². The molecule has 0 unspecified atom stereocenters. The number of halogens is 3. The van der Waals surface area contributed by atoms with Crippen LogP contribution in [0.15, 0.2) is 0 Å². The van der Waals surface area contributed by atoms with Gasteiger partial charge in [0.1, 0.15) is 0 Å². The van der Waals surface area contributed by atoms with E-state index in [2.05, 4.69) is 0 Å². The van der Waals surface area contributed by atoms with E-state index in [0.717, 1.165) is 0 Å². The maximum atomic E-state index is 10.9. The minimum Gasteiger partial charge on any atom is -0.236 e. The average Bonchev–Trinajstić information content (AvgIpc) is 1.30. The Morgan fingerprint density at radius 2 is 1.71 bits per heavy atom. The highest BCUT2D eigenvalue weighted by molar-refractivity contribution is 4.44. The second-order valence-electron chi connectivity index (χ2n) is 1.07. The molecule has 0 saturated carbocycles. The van der Waals surface area contributed by atoms with Crippen molar-refractivity contribution in [2.24, 2.45) is 0 Å². The van der Waals surface area contributed by atoms with Gasteiger partial charge in [-0.1, -0.05) is 0 Å². The second-order valence-corrected chi connectivity index (χ2v) is 1.07. The lowest BCUT2D eigenvalue weighted by molar-refractivity contribution is -0.144. The topological polar surface area (TPSA) is 19.9 Å².